The van der Waals surface area contributed by atoms with Gasteiger partial charge in [0.2, 0.25) is 5.91 Å². The fraction of sp³-hybridized carbons (Fsp3) is 0.850. The maximum Gasteiger partial charge on any atom is 0.220 e. The Bertz CT molecular complexity index is 1430. The number of hydrogen-bond acceptors (Lipinski definition) is 13. The van der Waals surface area contributed by atoms with Crippen molar-refractivity contribution in [1.82, 2.24) is 5.32 Å². The van der Waals surface area contributed by atoms with E-state index in [0.717, 1.165) is 57.8 Å². The van der Waals surface area contributed by atoms with Crippen LogP contribution in [0, 0.1) is 0 Å². The molecule has 0 saturated carbocycles. The number of hydrogen-bond donors (Lipinski definition) is 9. The summed E-state index contributed by atoms with van der Waals surface area (Å²) < 4.78 is 22.8. The number of nitrogens with one attached hydrogen (secondary N) is 1. The predicted octanol–water partition coefficient (Wildman–Crippen LogP) is 10.0. The minimum Gasteiger partial charge on any atom is -0.394 e. The van der Waals surface area contributed by atoms with Gasteiger partial charge in [0, 0.05) is 6.42 Å². The summed E-state index contributed by atoms with van der Waals surface area (Å²) in [6.45, 7) is 2.79. The van der Waals surface area contributed by atoms with Gasteiger partial charge in [-0.1, -0.05) is 217 Å². The number of aliphatic hydroxyl groups excluding tert-OH is 8. The van der Waals surface area contributed by atoms with Gasteiger partial charge in [0.1, 0.15) is 48.8 Å². The lowest BCUT2D eigenvalue weighted by molar-refractivity contribution is -0.359. The largest absolute Gasteiger partial charge is 0.394 e. The highest BCUT2D eigenvalue weighted by Gasteiger charge is 2.51. The number of amides is 1. The first-order chi connectivity index (χ1) is 36.1. The van der Waals surface area contributed by atoms with Crippen LogP contribution in [0.25, 0.3) is 0 Å². The van der Waals surface area contributed by atoms with Crippen LogP contribution in [0.3, 0.4) is 0 Å². The average Bonchev–Trinajstić information content (AvgIpc) is 3.40. The van der Waals surface area contributed by atoms with Crippen LogP contribution < -0.4 is 5.32 Å². The SMILES string of the molecule is CCCCCCC/C=C\C/C=C\C/C=C\CCCCCCCCCCCCC(=O)NC(COC1OC(CO)C(OC2OC(CO)C(O)C(O)C2O)C(O)C1O)C(O)/C=C/CCCCCCCCCCCCCCC. The molecule has 0 bridgehead atoms. The van der Waals surface area contributed by atoms with E-state index in [1.807, 2.05) is 6.08 Å². The monoisotopic (exact) mass is 1050 g/mol. The van der Waals surface area contributed by atoms with E-state index in [-0.39, 0.29) is 18.9 Å². The van der Waals surface area contributed by atoms with Crippen molar-refractivity contribution in [2.45, 2.75) is 306 Å². The summed E-state index contributed by atoms with van der Waals surface area (Å²) in [5.41, 5.74) is 0. The van der Waals surface area contributed by atoms with E-state index in [2.05, 4.69) is 55.6 Å². The third-order valence-corrected chi connectivity index (χ3v) is 14.5. The smallest absolute Gasteiger partial charge is 0.220 e. The fourth-order valence-corrected chi connectivity index (χ4v) is 9.65. The van der Waals surface area contributed by atoms with Crippen molar-refractivity contribution in [3.63, 3.8) is 0 Å². The maximum atomic E-state index is 13.3. The molecule has 12 unspecified atom stereocenters. The van der Waals surface area contributed by atoms with Crippen LogP contribution in [0.2, 0.25) is 0 Å². The molecular formula is C60H109NO13. The highest BCUT2D eigenvalue weighted by atomic mass is 16.7. The van der Waals surface area contributed by atoms with Gasteiger partial charge in [-0.2, -0.15) is 0 Å². The van der Waals surface area contributed by atoms with E-state index >= 15 is 0 Å². The van der Waals surface area contributed by atoms with Crippen molar-refractivity contribution >= 4 is 5.91 Å². The molecule has 2 fully saturated rings. The number of unbranched alkanes of at least 4 members (excludes halogenated alkanes) is 28. The van der Waals surface area contributed by atoms with Crippen LogP contribution in [0.4, 0.5) is 0 Å². The highest BCUT2D eigenvalue weighted by Crippen LogP contribution is 2.30. The molecule has 1 amide bonds. The molecule has 2 saturated heterocycles. The Hall–Kier alpha value is -2.05. The van der Waals surface area contributed by atoms with Gasteiger partial charge in [-0.05, 0) is 57.8 Å². The number of rotatable bonds is 47. The zero-order valence-corrected chi connectivity index (χ0v) is 46.3. The first-order valence-corrected chi connectivity index (χ1v) is 29.9. The second-order valence-corrected chi connectivity index (χ2v) is 21.1. The summed E-state index contributed by atoms with van der Waals surface area (Å²) in [6.07, 6.45) is 40.0. The Morgan fingerprint density at radius 1 is 0.486 bits per heavy atom. The van der Waals surface area contributed by atoms with Crippen molar-refractivity contribution < 1.29 is 64.6 Å². The van der Waals surface area contributed by atoms with E-state index < -0.39 is 86.8 Å². The Morgan fingerprint density at radius 2 is 0.892 bits per heavy atom. The predicted molar refractivity (Wildman–Crippen MR) is 295 cm³/mol. The summed E-state index contributed by atoms with van der Waals surface area (Å²) in [7, 11) is 0. The van der Waals surface area contributed by atoms with Crippen LogP contribution in [0.15, 0.2) is 48.6 Å². The molecule has 9 N–H and O–H groups in total. The van der Waals surface area contributed by atoms with E-state index in [9.17, 15) is 45.6 Å². The molecule has 2 aliphatic rings. The van der Waals surface area contributed by atoms with E-state index in [1.54, 1.807) is 6.08 Å². The van der Waals surface area contributed by atoms with E-state index in [1.165, 1.54) is 148 Å². The number of ether oxygens (including phenoxy) is 4. The number of aliphatic hydroxyl groups is 8. The Balaban J connectivity index is 1.75. The average molecular weight is 1050 g/mol. The standard InChI is InChI=1S/C60H109NO13/c1-3-5-7-9-11-13-15-17-19-20-21-22-23-24-25-26-27-28-30-32-34-36-38-40-42-44-52(65)61-48(49(64)43-41-39-37-35-33-31-29-18-16-14-12-10-8-6-4-2)47-71-59-57(70)55(68)58(51(46-63)73-59)74-60-56(69)54(67)53(66)50(45-62)72-60/h15,17,20-21,23-24,41,43,48-51,53-60,62-64,66-70H,3-14,16,18-19,22,25-40,42,44-47H2,1-2H3,(H,61,65)/b17-15-,21-20-,24-23-,43-41+. The van der Waals surface area contributed by atoms with Crippen LogP contribution in [-0.4, -0.2) is 140 Å². The molecule has 2 rings (SSSR count). The normalized spacial score (nSPS) is 25.5. The lowest BCUT2D eigenvalue weighted by Crippen LogP contribution is -2.65. The Morgan fingerprint density at radius 3 is 1.36 bits per heavy atom. The minimum atomic E-state index is -1.79. The number of allylic oxidation sites excluding steroid dienone is 7. The molecular weight excluding hydrogens is 943 g/mol. The van der Waals surface area contributed by atoms with Gasteiger partial charge in [0.05, 0.1) is 32.0 Å². The molecule has 0 aromatic heterocycles. The summed E-state index contributed by atoms with van der Waals surface area (Å²) in [5.74, 6) is -0.244. The summed E-state index contributed by atoms with van der Waals surface area (Å²) in [4.78, 5) is 13.3. The van der Waals surface area contributed by atoms with Gasteiger partial charge in [-0.3, -0.25) is 4.79 Å². The zero-order valence-electron chi connectivity index (χ0n) is 46.3. The van der Waals surface area contributed by atoms with Gasteiger partial charge in [-0.15, -0.1) is 0 Å². The van der Waals surface area contributed by atoms with E-state index in [0.29, 0.717) is 6.42 Å². The van der Waals surface area contributed by atoms with Crippen molar-refractivity contribution in [2.24, 2.45) is 0 Å². The van der Waals surface area contributed by atoms with Gasteiger partial charge in [-0.25, -0.2) is 0 Å². The van der Waals surface area contributed by atoms with Gasteiger partial charge in [0.15, 0.2) is 12.6 Å². The molecule has 14 heteroatoms. The topological polar surface area (TPSA) is 228 Å². The van der Waals surface area contributed by atoms with Gasteiger partial charge < -0.3 is 65.1 Å². The highest BCUT2D eigenvalue weighted by molar-refractivity contribution is 5.76. The van der Waals surface area contributed by atoms with Gasteiger partial charge >= 0.3 is 0 Å². The Kier molecular flexibility index (Phi) is 42.2. The zero-order chi connectivity index (χ0) is 53.9. The number of carbonyl (C=O) groups excluding carboxylic acids is 1. The molecule has 0 aromatic carbocycles. The maximum absolute atomic E-state index is 13.3. The third kappa shape index (κ3) is 31.4. The minimum absolute atomic E-state index is 0.244. The van der Waals surface area contributed by atoms with Crippen LogP contribution in [0.1, 0.15) is 232 Å². The van der Waals surface area contributed by atoms with Crippen molar-refractivity contribution in [3.05, 3.63) is 48.6 Å². The molecule has 0 radical (unpaired) electrons. The van der Waals surface area contributed by atoms with Crippen molar-refractivity contribution in [2.75, 3.05) is 19.8 Å². The van der Waals surface area contributed by atoms with Crippen LogP contribution in [-0.2, 0) is 23.7 Å². The Labute approximate surface area is 448 Å². The lowest BCUT2D eigenvalue weighted by atomic mass is 9.97. The molecule has 14 nitrogen and oxygen atoms in total. The molecule has 432 valence electrons. The first kappa shape index (κ1) is 68.1. The second kappa shape index (κ2) is 45.9. The molecule has 0 aliphatic carbocycles. The molecule has 74 heavy (non-hydrogen) atoms. The molecule has 0 spiro atoms. The number of carbonyl (C=O) groups is 1. The summed E-state index contributed by atoms with van der Waals surface area (Å²) in [5, 5.41) is 87.0. The second-order valence-electron chi connectivity index (χ2n) is 21.1. The first-order valence-electron chi connectivity index (χ1n) is 29.9. The molecule has 2 heterocycles. The molecule has 2 aliphatic heterocycles. The van der Waals surface area contributed by atoms with Crippen molar-refractivity contribution in [1.29, 1.82) is 0 Å². The van der Waals surface area contributed by atoms with E-state index in [4.69, 9.17) is 18.9 Å². The van der Waals surface area contributed by atoms with Crippen LogP contribution >= 0.6 is 0 Å². The lowest BCUT2D eigenvalue weighted by Gasteiger charge is -2.46. The van der Waals surface area contributed by atoms with Gasteiger partial charge in [0.25, 0.3) is 0 Å². The quantitative estimate of drug-likeness (QED) is 0.0205. The third-order valence-electron chi connectivity index (χ3n) is 14.5. The summed E-state index contributed by atoms with van der Waals surface area (Å²) in [6, 6.07) is -0.917. The fourth-order valence-electron chi connectivity index (χ4n) is 9.65. The van der Waals surface area contributed by atoms with Crippen LogP contribution in [0.5, 0.6) is 0 Å². The summed E-state index contributed by atoms with van der Waals surface area (Å²) >= 11 is 0. The molecule has 0 aromatic rings. The van der Waals surface area contributed by atoms with Crippen molar-refractivity contribution in [3.8, 4) is 0 Å². The molecule has 12 atom stereocenters.